The number of thiazole rings is 2. The third kappa shape index (κ3) is 6.34. The summed E-state index contributed by atoms with van der Waals surface area (Å²) in [5.41, 5.74) is 3.01. The lowest BCUT2D eigenvalue weighted by Gasteiger charge is -2.05. The Kier molecular flexibility index (Phi) is 6.86. The number of carbonyl (C=O) groups excluding carboxylic acids is 1. The van der Waals surface area contributed by atoms with E-state index in [1.54, 1.807) is 17.4 Å². The first-order chi connectivity index (χ1) is 15.1. The van der Waals surface area contributed by atoms with Crippen molar-refractivity contribution in [1.29, 1.82) is 0 Å². The Bertz CT molecular complexity index is 1180. The van der Waals surface area contributed by atoms with Gasteiger partial charge in [0.2, 0.25) is 5.91 Å². The van der Waals surface area contributed by atoms with Crippen molar-refractivity contribution < 1.29 is 9.53 Å². The van der Waals surface area contributed by atoms with E-state index < -0.39 is 0 Å². The zero-order valence-corrected chi connectivity index (χ0v) is 18.6. The molecule has 7 heteroatoms. The molecule has 0 saturated carbocycles. The number of aryl methyl sites for hydroxylation is 1. The van der Waals surface area contributed by atoms with Gasteiger partial charge in [-0.2, -0.15) is 0 Å². The van der Waals surface area contributed by atoms with Gasteiger partial charge < -0.3 is 4.74 Å². The van der Waals surface area contributed by atoms with Crippen LogP contribution in [0.25, 0.3) is 6.08 Å². The van der Waals surface area contributed by atoms with Crippen molar-refractivity contribution in [2.45, 2.75) is 20.0 Å². The van der Waals surface area contributed by atoms with E-state index in [-0.39, 0.29) is 5.91 Å². The van der Waals surface area contributed by atoms with Crippen molar-refractivity contribution in [3.63, 3.8) is 0 Å². The van der Waals surface area contributed by atoms with E-state index >= 15 is 0 Å². The number of amides is 1. The van der Waals surface area contributed by atoms with Crippen LogP contribution in [0.5, 0.6) is 5.75 Å². The topological polar surface area (TPSA) is 64.1 Å². The molecule has 4 aromatic rings. The van der Waals surface area contributed by atoms with Gasteiger partial charge in [0, 0.05) is 29.0 Å². The molecule has 5 nitrogen and oxygen atoms in total. The van der Waals surface area contributed by atoms with E-state index in [0.29, 0.717) is 11.7 Å². The Morgan fingerprint density at radius 3 is 2.84 bits per heavy atom. The van der Waals surface area contributed by atoms with E-state index in [2.05, 4.69) is 27.4 Å². The van der Waals surface area contributed by atoms with Gasteiger partial charge in [-0.25, -0.2) is 9.97 Å². The standard InChI is InChI=1S/C24H21N3O2S2/c1-17-26-20(16-30-17)15-29-21-9-5-8-19(12-21)10-11-23(28)27-24-25-14-22(31-24)13-18-6-3-2-4-7-18/h2-12,14,16H,13,15H2,1H3,(H,25,27,28)/b11-10+. The van der Waals surface area contributed by atoms with Gasteiger partial charge in [-0.3, -0.25) is 10.1 Å². The second-order valence-electron chi connectivity index (χ2n) is 6.84. The minimum absolute atomic E-state index is 0.218. The molecule has 156 valence electrons. The van der Waals surface area contributed by atoms with Crippen LogP contribution in [0.4, 0.5) is 5.13 Å². The van der Waals surface area contributed by atoms with Gasteiger partial charge in [0.25, 0.3) is 0 Å². The molecular formula is C24H21N3O2S2. The minimum atomic E-state index is -0.218. The van der Waals surface area contributed by atoms with E-state index in [0.717, 1.165) is 33.3 Å². The highest BCUT2D eigenvalue weighted by molar-refractivity contribution is 7.15. The highest BCUT2D eigenvalue weighted by Gasteiger charge is 2.06. The number of aromatic nitrogens is 2. The predicted molar refractivity (Wildman–Crippen MR) is 127 cm³/mol. The Hall–Kier alpha value is -3.29. The van der Waals surface area contributed by atoms with Gasteiger partial charge in [-0.15, -0.1) is 22.7 Å². The number of nitrogens with zero attached hydrogens (tertiary/aromatic N) is 2. The molecule has 2 heterocycles. The zero-order valence-electron chi connectivity index (χ0n) is 16.9. The fraction of sp³-hybridized carbons (Fsp3) is 0.125. The minimum Gasteiger partial charge on any atom is -0.487 e. The van der Waals surface area contributed by atoms with Gasteiger partial charge >= 0.3 is 0 Å². The number of ether oxygens (including phenoxy) is 1. The molecule has 1 N–H and O–H groups in total. The van der Waals surface area contributed by atoms with Crippen LogP contribution in [0.3, 0.4) is 0 Å². The molecule has 0 aliphatic heterocycles. The molecule has 1 amide bonds. The molecule has 0 aliphatic carbocycles. The maximum absolute atomic E-state index is 12.3. The maximum Gasteiger partial charge on any atom is 0.250 e. The van der Waals surface area contributed by atoms with Gasteiger partial charge in [0.05, 0.1) is 10.7 Å². The van der Waals surface area contributed by atoms with Crippen molar-refractivity contribution >= 4 is 39.8 Å². The molecule has 2 aromatic heterocycles. The summed E-state index contributed by atoms with van der Waals surface area (Å²) in [4.78, 5) is 22.1. The van der Waals surface area contributed by atoms with Crippen molar-refractivity contribution in [2.24, 2.45) is 0 Å². The van der Waals surface area contributed by atoms with Crippen LogP contribution < -0.4 is 10.1 Å². The van der Waals surface area contributed by atoms with E-state index in [1.807, 2.05) is 61.0 Å². The number of carbonyl (C=O) groups is 1. The van der Waals surface area contributed by atoms with Crippen molar-refractivity contribution in [3.05, 3.63) is 99.0 Å². The van der Waals surface area contributed by atoms with Crippen LogP contribution >= 0.6 is 22.7 Å². The molecule has 0 spiro atoms. The number of nitrogens with one attached hydrogen (secondary N) is 1. The van der Waals surface area contributed by atoms with Crippen LogP contribution in [0.15, 0.2) is 72.3 Å². The molecule has 31 heavy (non-hydrogen) atoms. The predicted octanol–water partition coefficient (Wildman–Crippen LogP) is 5.73. The average Bonchev–Trinajstić information content (AvgIpc) is 3.40. The molecule has 0 bridgehead atoms. The average molecular weight is 448 g/mol. The SMILES string of the molecule is Cc1nc(COc2cccc(/C=C/C(=O)Nc3ncc(Cc4ccccc4)s3)c2)cs1. The summed E-state index contributed by atoms with van der Waals surface area (Å²) in [5, 5.41) is 6.43. The second kappa shape index (κ2) is 10.1. The van der Waals surface area contributed by atoms with Crippen LogP contribution in [0.2, 0.25) is 0 Å². The largest absolute Gasteiger partial charge is 0.487 e. The van der Waals surface area contributed by atoms with Crippen LogP contribution in [-0.2, 0) is 17.8 Å². The summed E-state index contributed by atoms with van der Waals surface area (Å²) < 4.78 is 5.80. The van der Waals surface area contributed by atoms with Crippen molar-refractivity contribution in [1.82, 2.24) is 9.97 Å². The highest BCUT2D eigenvalue weighted by Crippen LogP contribution is 2.21. The first kappa shape index (κ1) is 21.0. The third-order valence-electron chi connectivity index (χ3n) is 4.34. The molecule has 0 fully saturated rings. The molecule has 0 atom stereocenters. The Labute approximate surface area is 189 Å². The molecule has 0 saturated heterocycles. The smallest absolute Gasteiger partial charge is 0.250 e. The molecule has 0 aliphatic rings. The molecule has 0 radical (unpaired) electrons. The Morgan fingerprint density at radius 1 is 1.16 bits per heavy atom. The lowest BCUT2D eigenvalue weighted by Crippen LogP contribution is -2.07. The number of hydrogen-bond donors (Lipinski definition) is 1. The van der Waals surface area contributed by atoms with E-state index in [9.17, 15) is 4.79 Å². The molecular weight excluding hydrogens is 426 g/mol. The molecule has 2 aromatic carbocycles. The fourth-order valence-electron chi connectivity index (χ4n) is 2.90. The highest BCUT2D eigenvalue weighted by atomic mass is 32.1. The molecule has 0 unspecified atom stereocenters. The lowest BCUT2D eigenvalue weighted by atomic mass is 10.1. The fourth-order valence-corrected chi connectivity index (χ4v) is 4.35. The van der Waals surface area contributed by atoms with Crippen LogP contribution in [-0.4, -0.2) is 15.9 Å². The van der Waals surface area contributed by atoms with Gasteiger partial charge in [-0.1, -0.05) is 42.5 Å². The van der Waals surface area contributed by atoms with E-state index in [1.165, 1.54) is 23.0 Å². The summed E-state index contributed by atoms with van der Waals surface area (Å²) in [6.07, 6.45) is 5.87. The Balaban J connectivity index is 1.31. The van der Waals surface area contributed by atoms with Gasteiger partial charge in [-0.05, 0) is 36.3 Å². The van der Waals surface area contributed by atoms with Crippen molar-refractivity contribution in [2.75, 3.05) is 5.32 Å². The quantitative estimate of drug-likeness (QED) is 0.350. The van der Waals surface area contributed by atoms with Crippen molar-refractivity contribution in [3.8, 4) is 5.75 Å². The first-order valence-electron chi connectivity index (χ1n) is 9.75. The zero-order chi connectivity index (χ0) is 21.5. The Morgan fingerprint density at radius 2 is 2.03 bits per heavy atom. The van der Waals surface area contributed by atoms with Gasteiger partial charge in [0.1, 0.15) is 12.4 Å². The summed E-state index contributed by atoms with van der Waals surface area (Å²) >= 11 is 3.09. The molecule has 4 rings (SSSR count). The summed E-state index contributed by atoms with van der Waals surface area (Å²) in [6.45, 7) is 2.40. The maximum atomic E-state index is 12.3. The first-order valence-corrected chi connectivity index (χ1v) is 11.5. The lowest BCUT2D eigenvalue weighted by molar-refractivity contribution is -0.111. The summed E-state index contributed by atoms with van der Waals surface area (Å²) in [7, 11) is 0. The summed E-state index contributed by atoms with van der Waals surface area (Å²) in [6, 6.07) is 17.8. The monoisotopic (exact) mass is 447 g/mol. The normalized spacial score (nSPS) is 11.0. The number of anilines is 1. The van der Waals surface area contributed by atoms with Crippen LogP contribution in [0.1, 0.15) is 26.7 Å². The second-order valence-corrected chi connectivity index (χ2v) is 9.01. The number of hydrogen-bond acceptors (Lipinski definition) is 6. The van der Waals surface area contributed by atoms with Crippen LogP contribution in [0, 0.1) is 6.92 Å². The third-order valence-corrected chi connectivity index (χ3v) is 6.08. The number of rotatable bonds is 8. The van der Waals surface area contributed by atoms with Gasteiger partial charge in [0.15, 0.2) is 5.13 Å². The summed E-state index contributed by atoms with van der Waals surface area (Å²) in [5.74, 6) is 0.517. The number of benzene rings is 2. The van der Waals surface area contributed by atoms with E-state index in [4.69, 9.17) is 4.74 Å².